The molecule has 2 amide bonds. The topological polar surface area (TPSA) is 76.7 Å². The summed E-state index contributed by atoms with van der Waals surface area (Å²) in [5, 5.41) is 0. The molecule has 6 nitrogen and oxygen atoms in total. The molecule has 0 saturated carbocycles. The van der Waals surface area contributed by atoms with Crippen LogP contribution in [0.2, 0.25) is 0 Å². The molecular weight excluding hydrogens is 332 g/mol. The van der Waals surface area contributed by atoms with E-state index in [1.165, 1.54) is 0 Å². The van der Waals surface area contributed by atoms with Crippen LogP contribution in [0.25, 0.3) is 0 Å². The lowest BCUT2D eigenvalue weighted by molar-refractivity contribution is -0.123. The molecule has 0 atom stereocenters. The largest absolute Gasteiger partial charge is 0.490 e. The lowest BCUT2D eigenvalue weighted by atomic mass is 10.1. The third-order valence-corrected chi connectivity index (χ3v) is 3.36. The number of nitrogens with one attached hydrogen (secondary N) is 2. The highest BCUT2D eigenvalue weighted by atomic mass is 16.5. The summed E-state index contributed by atoms with van der Waals surface area (Å²) in [6.07, 6.45) is 1.64. The Morgan fingerprint density at radius 2 is 1.62 bits per heavy atom. The Morgan fingerprint density at radius 3 is 2.23 bits per heavy atom. The third-order valence-electron chi connectivity index (χ3n) is 3.36. The van der Waals surface area contributed by atoms with Crippen LogP contribution in [0, 0.1) is 13.8 Å². The number of hydrogen-bond donors (Lipinski definition) is 2. The van der Waals surface area contributed by atoms with Crippen molar-refractivity contribution in [2.75, 3.05) is 13.2 Å². The average molecular weight is 354 g/mol. The zero-order chi connectivity index (χ0) is 18.9. The molecule has 136 valence electrons. The van der Waals surface area contributed by atoms with E-state index in [0.29, 0.717) is 23.7 Å². The monoisotopic (exact) mass is 354 g/mol. The maximum absolute atomic E-state index is 12.0. The van der Waals surface area contributed by atoms with Gasteiger partial charge in [0, 0.05) is 5.56 Å². The van der Waals surface area contributed by atoms with Gasteiger partial charge in [0.25, 0.3) is 11.8 Å². The standard InChI is InChI=1S/C20H22N2O4/c1-4-9-25-17-7-5-16(6-8-17)20(24)22-21-19(23)13-26-18-11-14(2)10-15(3)12-18/h4-8,10-12H,1,9,13H2,2-3H3,(H,21,23)(H,22,24). The van der Waals surface area contributed by atoms with Crippen LogP contribution in [-0.2, 0) is 4.79 Å². The first kappa shape index (κ1) is 19.1. The molecule has 0 aliphatic heterocycles. The lowest BCUT2D eigenvalue weighted by Gasteiger charge is -2.10. The molecule has 2 rings (SSSR count). The second-order valence-corrected chi connectivity index (χ2v) is 5.74. The minimum absolute atomic E-state index is 0.197. The smallest absolute Gasteiger partial charge is 0.276 e. The number of carbonyl (C=O) groups is 2. The molecule has 0 spiro atoms. The number of amides is 2. The molecular formula is C20H22N2O4. The number of aryl methyl sites for hydroxylation is 2. The van der Waals surface area contributed by atoms with Gasteiger partial charge in [0.15, 0.2) is 6.61 Å². The van der Waals surface area contributed by atoms with Gasteiger partial charge >= 0.3 is 0 Å². The van der Waals surface area contributed by atoms with E-state index < -0.39 is 11.8 Å². The molecule has 0 aromatic heterocycles. The zero-order valence-corrected chi connectivity index (χ0v) is 14.9. The fraction of sp³-hybridized carbons (Fsp3) is 0.200. The Labute approximate surface area is 152 Å². The van der Waals surface area contributed by atoms with E-state index in [9.17, 15) is 9.59 Å². The number of hydrazine groups is 1. The molecule has 0 unspecified atom stereocenters. The lowest BCUT2D eigenvalue weighted by Crippen LogP contribution is -2.43. The van der Waals surface area contributed by atoms with Crippen molar-refractivity contribution in [3.63, 3.8) is 0 Å². The van der Waals surface area contributed by atoms with Crippen LogP contribution in [0.5, 0.6) is 11.5 Å². The summed E-state index contributed by atoms with van der Waals surface area (Å²) in [5.41, 5.74) is 7.16. The van der Waals surface area contributed by atoms with Gasteiger partial charge < -0.3 is 9.47 Å². The molecule has 2 N–H and O–H groups in total. The predicted molar refractivity (Wildman–Crippen MR) is 99.2 cm³/mol. The van der Waals surface area contributed by atoms with Gasteiger partial charge in [0.1, 0.15) is 18.1 Å². The summed E-state index contributed by atoms with van der Waals surface area (Å²) in [5.74, 6) is 0.356. The highest BCUT2D eigenvalue weighted by molar-refractivity contribution is 5.95. The number of carbonyl (C=O) groups excluding carboxylic acids is 2. The molecule has 26 heavy (non-hydrogen) atoms. The van der Waals surface area contributed by atoms with Crippen molar-refractivity contribution in [1.29, 1.82) is 0 Å². The second-order valence-electron chi connectivity index (χ2n) is 5.74. The van der Waals surface area contributed by atoms with E-state index in [1.807, 2.05) is 32.0 Å². The number of hydrogen-bond acceptors (Lipinski definition) is 4. The first-order valence-electron chi connectivity index (χ1n) is 8.12. The van der Waals surface area contributed by atoms with Crippen molar-refractivity contribution in [3.8, 4) is 11.5 Å². The van der Waals surface area contributed by atoms with Gasteiger partial charge in [-0.05, 0) is 61.4 Å². The van der Waals surface area contributed by atoms with Gasteiger partial charge in [-0.2, -0.15) is 0 Å². The van der Waals surface area contributed by atoms with Crippen molar-refractivity contribution >= 4 is 11.8 Å². The van der Waals surface area contributed by atoms with Gasteiger partial charge in [-0.1, -0.05) is 18.7 Å². The van der Waals surface area contributed by atoms with Gasteiger partial charge in [-0.15, -0.1) is 0 Å². The highest BCUT2D eigenvalue weighted by Gasteiger charge is 2.08. The summed E-state index contributed by atoms with van der Waals surface area (Å²) < 4.78 is 10.8. The SMILES string of the molecule is C=CCOc1ccc(C(=O)NNC(=O)COc2cc(C)cc(C)c2)cc1. The van der Waals surface area contributed by atoms with Gasteiger partial charge in [-0.3, -0.25) is 20.4 Å². The predicted octanol–water partition coefficient (Wildman–Crippen LogP) is 2.71. The van der Waals surface area contributed by atoms with Gasteiger partial charge in [0.05, 0.1) is 0 Å². The first-order valence-corrected chi connectivity index (χ1v) is 8.12. The van der Waals surface area contributed by atoms with Crippen LogP contribution in [-0.4, -0.2) is 25.0 Å². The summed E-state index contributed by atoms with van der Waals surface area (Å²) >= 11 is 0. The maximum atomic E-state index is 12.0. The van der Waals surface area contributed by atoms with Crippen LogP contribution in [0.4, 0.5) is 0 Å². The van der Waals surface area contributed by atoms with Crippen LogP contribution in [0.3, 0.4) is 0 Å². The Hall–Kier alpha value is -3.28. The van der Waals surface area contributed by atoms with Crippen LogP contribution < -0.4 is 20.3 Å². The zero-order valence-electron chi connectivity index (χ0n) is 14.9. The fourth-order valence-electron chi connectivity index (χ4n) is 2.26. The molecule has 2 aromatic rings. The minimum atomic E-state index is -0.455. The Kier molecular flexibility index (Phi) is 6.79. The van der Waals surface area contributed by atoms with E-state index in [2.05, 4.69) is 17.4 Å². The Morgan fingerprint density at radius 1 is 0.962 bits per heavy atom. The highest BCUT2D eigenvalue weighted by Crippen LogP contribution is 2.16. The Balaban J connectivity index is 1.79. The minimum Gasteiger partial charge on any atom is -0.490 e. The molecule has 0 heterocycles. The second kappa shape index (κ2) is 9.27. The molecule has 0 aliphatic rings. The van der Waals surface area contributed by atoms with Crippen molar-refractivity contribution < 1.29 is 19.1 Å². The van der Waals surface area contributed by atoms with Crippen molar-refractivity contribution in [2.45, 2.75) is 13.8 Å². The third kappa shape index (κ3) is 5.98. The van der Waals surface area contributed by atoms with Crippen molar-refractivity contribution in [3.05, 3.63) is 71.8 Å². The molecule has 2 aromatic carbocycles. The van der Waals surface area contributed by atoms with Crippen LogP contribution in [0.1, 0.15) is 21.5 Å². The van der Waals surface area contributed by atoms with E-state index in [4.69, 9.17) is 9.47 Å². The first-order chi connectivity index (χ1) is 12.5. The van der Waals surface area contributed by atoms with Gasteiger partial charge in [-0.25, -0.2) is 0 Å². The van der Waals surface area contributed by atoms with E-state index in [-0.39, 0.29) is 6.61 Å². The van der Waals surface area contributed by atoms with E-state index >= 15 is 0 Å². The molecule has 0 saturated heterocycles. The average Bonchev–Trinajstić information content (AvgIpc) is 2.62. The molecule has 0 fully saturated rings. The normalized spacial score (nSPS) is 9.92. The molecule has 0 aliphatic carbocycles. The summed E-state index contributed by atoms with van der Waals surface area (Å²) in [6, 6.07) is 12.2. The van der Waals surface area contributed by atoms with E-state index in [1.54, 1.807) is 30.3 Å². The molecule has 0 radical (unpaired) electrons. The van der Waals surface area contributed by atoms with Crippen molar-refractivity contribution in [2.24, 2.45) is 0 Å². The van der Waals surface area contributed by atoms with Gasteiger partial charge in [0.2, 0.25) is 0 Å². The quantitative estimate of drug-likeness (QED) is 0.592. The summed E-state index contributed by atoms with van der Waals surface area (Å²) in [6.45, 7) is 7.66. The van der Waals surface area contributed by atoms with E-state index in [0.717, 1.165) is 11.1 Å². The summed E-state index contributed by atoms with van der Waals surface area (Å²) in [7, 11) is 0. The number of rotatable bonds is 7. The molecule has 6 heteroatoms. The number of ether oxygens (including phenoxy) is 2. The van der Waals surface area contributed by atoms with Crippen molar-refractivity contribution in [1.82, 2.24) is 10.9 Å². The fourth-order valence-corrected chi connectivity index (χ4v) is 2.26. The summed E-state index contributed by atoms with van der Waals surface area (Å²) in [4.78, 5) is 23.8. The number of benzene rings is 2. The molecule has 0 bridgehead atoms. The maximum Gasteiger partial charge on any atom is 0.276 e. The van der Waals surface area contributed by atoms with Crippen LogP contribution in [0.15, 0.2) is 55.1 Å². The Bertz CT molecular complexity index is 765. The van der Waals surface area contributed by atoms with Crippen LogP contribution >= 0.6 is 0 Å².